The lowest BCUT2D eigenvalue weighted by molar-refractivity contribution is 0.0982. The van der Waals surface area contributed by atoms with Gasteiger partial charge in [-0.05, 0) is 29.9 Å². The van der Waals surface area contributed by atoms with Crippen LogP contribution >= 0.6 is 11.8 Å². The molecule has 166 valence electrons. The third-order valence-corrected chi connectivity index (χ3v) is 6.58. The van der Waals surface area contributed by atoms with Crippen LogP contribution in [0, 0.1) is 0 Å². The monoisotopic (exact) mass is 446 g/mol. The third kappa shape index (κ3) is 4.70. The number of Topliss-reactive ketones (excluding diaryl/α,β-unsaturated/α-hetero) is 1. The maximum absolute atomic E-state index is 12.6. The molecule has 0 amide bonds. The number of thioether (sulfide) groups is 1. The first-order valence-electron chi connectivity index (χ1n) is 11.3. The zero-order valence-electron chi connectivity index (χ0n) is 19.3. The van der Waals surface area contributed by atoms with Crippen LogP contribution in [0.1, 0.15) is 62.9 Å². The summed E-state index contributed by atoms with van der Waals surface area (Å²) in [5, 5.41) is 10.6. The highest BCUT2D eigenvalue weighted by molar-refractivity contribution is 7.99. The zero-order valence-corrected chi connectivity index (χ0v) is 20.1. The van der Waals surface area contributed by atoms with E-state index in [0.29, 0.717) is 11.6 Å². The molecule has 0 saturated heterocycles. The van der Waals surface area contributed by atoms with Gasteiger partial charge in [0.1, 0.15) is 5.52 Å². The first kappa shape index (κ1) is 22.5. The van der Waals surface area contributed by atoms with Gasteiger partial charge in [-0.1, -0.05) is 81.9 Å². The van der Waals surface area contributed by atoms with E-state index < -0.39 is 0 Å². The van der Waals surface area contributed by atoms with Crippen LogP contribution in [0.4, 0.5) is 0 Å². The minimum Gasteiger partial charge on any atom is -0.324 e. The molecule has 0 fully saturated rings. The number of hydrogen-bond donors (Lipinski definition) is 0. The molecular weight excluding hydrogens is 416 g/mol. The highest BCUT2D eigenvalue weighted by atomic mass is 32.2. The van der Waals surface area contributed by atoms with Gasteiger partial charge in [-0.25, -0.2) is 4.98 Å². The second-order valence-electron chi connectivity index (χ2n) is 9.14. The van der Waals surface area contributed by atoms with Gasteiger partial charge in [0.05, 0.1) is 5.52 Å². The van der Waals surface area contributed by atoms with E-state index in [2.05, 4.69) is 66.7 Å². The van der Waals surface area contributed by atoms with Crippen LogP contribution in [-0.2, 0) is 12.0 Å². The van der Waals surface area contributed by atoms with Crippen LogP contribution in [0.2, 0.25) is 0 Å². The molecule has 2 heterocycles. The molecule has 0 atom stereocenters. The number of fused-ring (bicyclic) bond motifs is 3. The average molecular weight is 447 g/mol. The molecule has 0 aliphatic rings. The van der Waals surface area contributed by atoms with Crippen LogP contribution in [0.3, 0.4) is 0 Å². The van der Waals surface area contributed by atoms with E-state index in [-0.39, 0.29) is 11.2 Å². The Bertz CT molecular complexity index is 1240. The lowest BCUT2D eigenvalue weighted by atomic mass is 9.86. The smallest absolute Gasteiger partial charge is 0.211 e. The van der Waals surface area contributed by atoms with Crippen LogP contribution in [-0.4, -0.2) is 31.3 Å². The molecule has 2 aromatic heterocycles. The van der Waals surface area contributed by atoms with Gasteiger partial charge in [0.25, 0.3) is 0 Å². The number of hydrogen-bond acceptors (Lipinski definition) is 5. The SMILES string of the molecule is CCCn1c2ccccc2c2nnc(SCCCC(=O)c3ccc(C(C)(C)C)cc3)nc21. The van der Waals surface area contributed by atoms with Crippen molar-refractivity contribution >= 4 is 39.6 Å². The maximum atomic E-state index is 12.6. The molecule has 0 bridgehead atoms. The standard InChI is InChI=1S/C26H30N4OS/c1-5-16-30-21-10-7-6-9-20(21)23-24(30)27-25(29-28-23)32-17-8-11-22(31)18-12-14-19(15-13-18)26(2,3)4/h6-7,9-10,12-15H,5,8,11,16-17H2,1-4H3. The van der Waals surface area contributed by atoms with Crippen molar-refractivity contribution in [3.05, 3.63) is 59.7 Å². The van der Waals surface area contributed by atoms with E-state index in [1.54, 1.807) is 11.8 Å². The van der Waals surface area contributed by atoms with Gasteiger partial charge < -0.3 is 4.57 Å². The quantitative estimate of drug-likeness (QED) is 0.177. The van der Waals surface area contributed by atoms with Gasteiger partial charge in [-0.2, -0.15) is 0 Å². The molecule has 0 spiro atoms. The third-order valence-electron chi connectivity index (χ3n) is 5.65. The van der Waals surface area contributed by atoms with Crippen LogP contribution in [0.5, 0.6) is 0 Å². The Morgan fingerprint density at radius 2 is 1.78 bits per heavy atom. The summed E-state index contributed by atoms with van der Waals surface area (Å²) >= 11 is 1.56. The Kier molecular flexibility index (Phi) is 6.60. The van der Waals surface area contributed by atoms with Crippen LogP contribution in [0.15, 0.2) is 53.7 Å². The Morgan fingerprint density at radius 1 is 1.03 bits per heavy atom. The van der Waals surface area contributed by atoms with E-state index in [4.69, 9.17) is 4.98 Å². The fourth-order valence-electron chi connectivity index (χ4n) is 3.90. The molecule has 2 aromatic carbocycles. The molecule has 0 N–H and O–H groups in total. The second-order valence-corrected chi connectivity index (χ2v) is 10.2. The summed E-state index contributed by atoms with van der Waals surface area (Å²) in [6.07, 6.45) is 2.33. The number of aromatic nitrogens is 4. The Labute approximate surface area is 193 Å². The zero-order chi connectivity index (χ0) is 22.7. The number of nitrogens with zero attached hydrogens (tertiary/aromatic N) is 4. The molecule has 0 aliphatic heterocycles. The highest BCUT2D eigenvalue weighted by Gasteiger charge is 2.16. The summed E-state index contributed by atoms with van der Waals surface area (Å²) in [5.41, 5.74) is 5.01. The fourth-order valence-corrected chi connectivity index (χ4v) is 4.62. The summed E-state index contributed by atoms with van der Waals surface area (Å²) in [4.78, 5) is 17.4. The summed E-state index contributed by atoms with van der Waals surface area (Å²) in [7, 11) is 0. The summed E-state index contributed by atoms with van der Waals surface area (Å²) in [6.45, 7) is 9.60. The predicted molar refractivity (Wildman–Crippen MR) is 133 cm³/mol. The second kappa shape index (κ2) is 9.41. The largest absolute Gasteiger partial charge is 0.324 e. The Balaban J connectivity index is 1.40. The van der Waals surface area contributed by atoms with Gasteiger partial charge in [0.15, 0.2) is 11.4 Å². The minimum absolute atomic E-state index is 0.0934. The Morgan fingerprint density at radius 3 is 2.50 bits per heavy atom. The molecule has 4 rings (SSSR count). The predicted octanol–water partition coefficient (Wildman–Crippen LogP) is 6.44. The Hall–Kier alpha value is -2.73. The molecule has 0 unspecified atom stereocenters. The number of ketones is 1. The summed E-state index contributed by atoms with van der Waals surface area (Å²) < 4.78 is 2.23. The van der Waals surface area contributed by atoms with E-state index in [1.165, 1.54) is 5.56 Å². The molecule has 0 saturated carbocycles. The number of aryl methyl sites for hydroxylation is 1. The molecular formula is C26H30N4OS. The lowest BCUT2D eigenvalue weighted by Gasteiger charge is -2.18. The van der Waals surface area contributed by atoms with E-state index in [9.17, 15) is 4.79 Å². The number of carbonyl (C=O) groups excluding carboxylic acids is 1. The van der Waals surface area contributed by atoms with Gasteiger partial charge in [0.2, 0.25) is 5.16 Å². The van der Waals surface area contributed by atoms with Crippen molar-refractivity contribution in [3.8, 4) is 0 Å². The summed E-state index contributed by atoms with van der Waals surface area (Å²) in [5.74, 6) is 0.969. The molecule has 0 radical (unpaired) electrons. The van der Waals surface area contributed by atoms with Gasteiger partial charge in [-0.15, -0.1) is 10.2 Å². The van der Waals surface area contributed by atoms with Crippen molar-refractivity contribution in [3.63, 3.8) is 0 Å². The maximum Gasteiger partial charge on any atom is 0.211 e. The lowest BCUT2D eigenvalue weighted by Crippen LogP contribution is -2.11. The van der Waals surface area contributed by atoms with Crippen molar-refractivity contribution in [2.24, 2.45) is 0 Å². The van der Waals surface area contributed by atoms with E-state index in [1.807, 2.05) is 24.3 Å². The van der Waals surface area contributed by atoms with Crippen molar-refractivity contribution in [1.29, 1.82) is 0 Å². The van der Waals surface area contributed by atoms with Gasteiger partial charge >= 0.3 is 0 Å². The molecule has 32 heavy (non-hydrogen) atoms. The van der Waals surface area contributed by atoms with E-state index in [0.717, 1.165) is 52.8 Å². The normalized spacial score (nSPS) is 12.0. The van der Waals surface area contributed by atoms with E-state index >= 15 is 0 Å². The topological polar surface area (TPSA) is 60.7 Å². The number of rotatable bonds is 8. The minimum atomic E-state index is 0.0934. The van der Waals surface area contributed by atoms with Crippen molar-refractivity contribution in [1.82, 2.24) is 19.7 Å². The number of para-hydroxylation sites is 1. The van der Waals surface area contributed by atoms with Crippen molar-refractivity contribution in [2.75, 3.05) is 5.75 Å². The van der Waals surface area contributed by atoms with Crippen molar-refractivity contribution < 1.29 is 4.79 Å². The van der Waals surface area contributed by atoms with Gasteiger partial charge in [0, 0.05) is 29.7 Å². The van der Waals surface area contributed by atoms with Crippen LogP contribution < -0.4 is 0 Å². The highest BCUT2D eigenvalue weighted by Crippen LogP contribution is 2.28. The molecule has 5 nitrogen and oxygen atoms in total. The molecule has 6 heteroatoms. The first-order valence-corrected chi connectivity index (χ1v) is 12.2. The number of carbonyl (C=O) groups is 1. The number of benzene rings is 2. The molecule has 0 aliphatic carbocycles. The van der Waals surface area contributed by atoms with Crippen LogP contribution in [0.25, 0.3) is 22.1 Å². The first-order chi connectivity index (χ1) is 15.4. The summed E-state index contributed by atoms with van der Waals surface area (Å²) in [6, 6.07) is 16.3. The molecule has 4 aromatic rings. The van der Waals surface area contributed by atoms with Gasteiger partial charge in [-0.3, -0.25) is 4.79 Å². The van der Waals surface area contributed by atoms with Crippen molar-refractivity contribution in [2.45, 2.75) is 64.1 Å². The average Bonchev–Trinajstić information content (AvgIpc) is 3.09. The fraction of sp³-hybridized carbons (Fsp3) is 0.385.